The number of thiocarbonyl (C=S) groups is 1. The standard InChI is InChI=1S/C18H22N2S/c1-2-15(13-16-9-5-3-6-10-16)14-19-18(21)20-17-11-7-4-8-12-17/h3-12,15H,2,13-14H2,1H3,(H2,19,20,21). The maximum atomic E-state index is 5.34. The highest BCUT2D eigenvalue weighted by atomic mass is 32.1. The van der Waals surface area contributed by atoms with Gasteiger partial charge in [0.15, 0.2) is 5.11 Å². The molecule has 0 aliphatic carbocycles. The predicted molar refractivity (Wildman–Crippen MR) is 94.6 cm³/mol. The monoisotopic (exact) mass is 298 g/mol. The Morgan fingerprint density at radius 2 is 1.62 bits per heavy atom. The van der Waals surface area contributed by atoms with Crippen molar-refractivity contribution in [3.05, 3.63) is 66.2 Å². The summed E-state index contributed by atoms with van der Waals surface area (Å²) in [6.07, 6.45) is 2.22. The van der Waals surface area contributed by atoms with Gasteiger partial charge in [-0.15, -0.1) is 0 Å². The Morgan fingerprint density at radius 1 is 1.00 bits per heavy atom. The maximum absolute atomic E-state index is 5.34. The van der Waals surface area contributed by atoms with E-state index in [-0.39, 0.29) is 0 Å². The van der Waals surface area contributed by atoms with Gasteiger partial charge in [-0.3, -0.25) is 0 Å². The van der Waals surface area contributed by atoms with Gasteiger partial charge in [-0.05, 0) is 42.3 Å². The molecule has 0 aliphatic heterocycles. The molecule has 0 heterocycles. The largest absolute Gasteiger partial charge is 0.362 e. The summed E-state index contributed by atoms with van der Waals surface area (Å²) >= 11 is 5.34. The average molecular weight is 298 g/mol. The molecule has 0 spiro atoms. The van der Waals surface area contributed by atoms with Crippen molar-refractivity contribution in [3.8, 4) is 0 Å². The van der Waals surface area contributed by atoms with E-state index in [4.69, 9.17) is 12.2 Å². The molecule has 2 aromatic rings. The van der Waals surface area contributed by atoms with Crippen LogP contribution in [0.1, 0.15) is 18.9 Å². The van der Waals surface area contributed by atoms with Crippen molar-refractivity contribution in [1.82, 2.24) is 5.32 Å². The van der Waals surface area contributed by atoms with Gasteiger partial charge in [0.1, 0.15) is 0 Å². The molecule has 110 valence electrons. The smallest absolute Gasteiger partial charge is 0.170 e. The molecule has 0 fully saturated rings. The van der Waals surface area contributed by atoms with E-state index in [9.17, 15) is 0 Å². The lowest BCUT2D eigenvalue weighted by atomic mass is 9.97. The van der Waals surface area contributed by atoms with E-state index in [1.165, 1.54) is 5.56 Å². The van der Waals surface area contributed by atoms with Gasteiger partial charge in [-0.2, -0.15) is 0 Å². The van der Waals surface area contributed by atoms with Crippen molar-refractivity contribution in [2.75, 3.05) is 11.9 Å². The number of benzene rings is 2. The predicted octanol–water partition coefficient (Wildman–Crippen LogP) is 4.24. The molecule has 2 nitrogen and oxygen atoms in total. The van der Waals surface area contributed by atoms with Gasteiger partial charge in [0.25, 0.3) is 0 Å². The van der Waals surface area contributed by atoms with Crippen molar-refractivity contribution in [2.45, 2.75) is 19.8 Å². The summed E-state index contributed by atoms with van der Waals surface area (Å²) in [6.45, 7) is 3.12. The van der Waals surface area contributed by atoms with Crippen LogP contribution in [0.5, 0.6) is 0 Å². The van der Waals surface area contributed by atoms with Gasteiger partial charge in [-0.1, -0.05) is 61.9 Å². The molecule has 0 bridgehead atoms. The molecule has 1 atom stereocenters. The molecule has 0 saturated carbocycles. The van der Waals surface area contributed by atoms with E-state index in [0.29, 0.717) is 11.0 Å². The molecule has 0 saturated heterocycles. The minimum absolute atomic E-state index is 0.586. The fraction of sp³-hybridized carbons (Fsp3) is 0.278. The van der Waals surface area contributed by atoms with E-state index in [0.717, 1.165) is 25.1 Å². The zero-order valence-corrected chi connectivity index (χ0v) is 13.2. The Kier molecular flexibility index (Phi) is 6.22. The SMILES string of the molecule is CCC(CNC(=S)Nc1ccccc1)Cc1ccccc1. The van der Waals surface area contributed by atoms with Crippen LogP contribution < -0.4 is 10.6 Å². The zero-order chi connectivity index (χ0) is 14.9. The minimum atomic E-state index is 0.586. The highest BCUT2D eigenvalue weighted by Gasteiger charge is 2.08. The molecular weight excluding hydrogens is 276 g/mol. The third-order valence-electron chi connectivity index (χ3n) is 3.53. The second-order valence-corrected chi connectivity index (χ2v) is 5.57. The molecule has 0 aromatic heterocycles. The molecule has 2 aromatic carbocycles. The molecular formula is C18H22N2S. The van der Waals surface area contributed by atoms with Crippen LogP contribution >= 0.6 is 12.2 Å². The molecule has 0 amide bonds. The van der Waals surface area contributed by atoms with E-state index in [1.54, 1.807) is 0 Å². The van der Waals surface area contributed by atoms with Gasteiger partial charge in [0, 0.05) is 12.2 Å². The number of nitrogens with one attached hydrogen (secondary N) is 2. The van der Waals surface area contributed by atoms with Crippen molar-refractivity contribution >= 4 is 23.0 Å². The first-order chi connectivity index (χ1) is 10.3. The quantitative estimate of drug-likeness (QED) is 0.780. The van der Waals surface area contributed by atoms with Crippen LogP contribution in [-0.4, -0.2) is 11.7 Å². The van der Waals surface area contributed by atoms with Gasteiger partial charge in [0.2, 0.25) is 0 Å². The molecule has 2 rings (SSSR count). The second-order valence-electron chi connectivity index (χ2n) is 5.17. The lowest BCUT2D eigenvalue weighted by Crippen LogP contribution is -2.33. The van der Waals surface area contributed by atoms with Crippen LogP contribution in [0.2, 0.25) is 0 Å². The summed E-state index contributed by atoms with van der Waals surface area (Å²) < 4.78 is 0. The summed E-state index contributed by atoms with van der Waals surface area (Å²) in [5.74, 6) is 0.586. The van der Waals surface area contributed by atoms with Crippen molar-refractivity contribution < 1.29 is 0 Å². The topological polar surface area (TPSA) is 24.1 Å². The Labute approximate surface area is 132 Å². The van der Waals surface area contributed by atoms with Gasteiger partial charge in [0.05, 0.1) is 0 Å². The molecule has 3 heteroatoms. The van der Waals surface area contributed by atoms with Crippen LogP contribution in [-0.2, 0) is 6.42 Å². The number of hydrogen-bond donors (Lipinski definition) is 2. The number of hydrogen-bond acceptors (Lipinski definition) is 1. The fourth-order valence-corrected chi connectivity index (χ4v) is 2.44. The Balaban J connectivity index is 1.79. The highest BCUT2D eigenvalue weighted by Crippen LogP contribution is 2.11. The maximum Gasteiger partial charge on any atom is 0.170 e. The molecule has 1 unspecified atom stereocenters. The number of para-hydroxylation sites is 1. The van der Waals surface area contributed by atoms with Crippen molar-refractivity contribution in [2.24, 2.45) is 5.92 Å². The number of rotatable bonds is 6. The highest BCUT2D eigenvalue weighted by molar-refractivity contribution is 7.80. The van der Waals surface area contributed by atoms with Crippen molar-refractivity contribution in [1.29, 1.82) is 0 Å². The van der Waals surface area contributed by atoms with Gasteiger partial charge in [-0.25, -0.2) is 0 Å². The van der Waals surface area contributed by atoms with E-state index in [1.807, 2.05) is 30.3 Å². The van der Waals surface area contributed by atoms with E-state index >= 15 is 0 Å². The Morgan fingerprint density at radius 3 is 2.24 bits per heavy atom. The van der Waals surface area contributed by atoms with Crippen LogP contribution in [0, 0.1) is 5.92 Å². The molecule has 0 aliphatic rings. The molecule has 2 N–H and O–H groups in total. The Hall–Kier alpha value is -1.87. The molecule has 21 heavy (non-hydrogen) atoms. The lowest BCUT2D eigenvalue weighted by molar-refractivity contribution is 0.498. The Bertz CT molecular complexity index is 540. The fourth-order valence-electron chi connectivity index (χ4n) is 2.24. The normalized spacial score (nSPS) is 11.7. The summed E-state index contributed by atoms with van der Waals surface area (Å²) in [6, 6.07) is 20.6. The van der Waals surface area contributed by atoms with Gasteiger partial charge >= 0.3 is 0 Å². The first kappa shape index (κ1) is 15.5. The van der Waals surface area contributed by atoms with Crippen LogP contribution in [0.15, 0.2) is 60.7 Å². The van der Waals surface area contributed by atoms with E-state index in [2.05, 4.69) is 47.9 Å². The van der Waals surface area contributed by atoms with Crippen molar-refractivity contribution in [3.63, 3.8) is 0 Å². The van der Waals surface area contributed by atoms with Gasteiger partial charge < -0.3 is 10.6 Å². The van der Waals surface area contributed by atoms with Crippen LogP contribution in [0.3, 0.4) is 0 Å². The van der Waals surface area contributed by atoms with Crippen LogP contribution in [0.25, 0.3) is 0 Å². The summed E-state index contributed by atoms with van der Waals surface area (Å²) in [4.78, 5) is 0. The summed E-state index contributed by atoms with van der Waals surface area (Å²) in [5, 5.41) is 7.22. The summed E-state index contributed by atoms with van der Waals surface area (Å²) in [5.41, 5.74) is 2.40. The summed E-state index contributed by atoms with van der Waals surface area (Å²) in [7, 11) is 0. The third kappa shape index (κ3) is 5.56. The molecule has 0 radical (unpaired) electrons. The third-order valence-corrected chi connectivity index (χ3v) is 3.77. The minimum Gasteiger partial charge on any atom is -0.362 e. The zero-order valence-electron chi connectivity index (χ0n) is 12.4. The number of anilines is 1. The average Bonchev–Trinajstić information content (AvgIpc) is 2.53. The van der Waals surface area contributed by atoms with E-state index < -0.39 is 0 Å². The first-order valence-electron chi connectivity index (χ1n) is 7.41. The lowest BCUT2D eigenvalue weighted by Gasteiger charge is -2.17. The second kappa shape index (κ2) is 8.42. The van der Waals surface area contributed by atoms with Crippen LogP contribution in [0.4, 0.5) is 5.69 Å². The first-order valence-corrected chi connectivity index (χ1v) is 7.82.